The van der Waals surface area contributed by atoms with Crippen molar-refractivity contribution in [1.82, 2.24) is 5.32 Å². The van der Waals surface area contributed by atoms with Crippen LogP contribution in [0.1, 0.15) is 0 Å². The molecule has 1 aliphatic rings. The zero-order chi connectivity index (χ0) is 19.9. The van der Waals surface area contributed by atoms with Gasteiger partial charge in [0.05, 0.1) is 16.7 Å². The molecule has 2 unspecified atom stereocenters. The summed E-state index contributed by atoms with van der Waals surface area (Å²) in [5.74, 6) is 0.502. The van der Waals surface area contributed by atoms with Gasteiger partial charge >= 0.3 is 6.03 Å². The third-order valence-corrected chi connectivity index (χ3v) is 4.76. The normalized spacial score (nSPS) is 17.4. The van der Waals surface area contributed by atoms with E-state index in [1.54, 1.807) is 42.5 Å². The molecule has 1 heterocycles. The number of benzene rings is 2. The Morgan fingerprint density at radius 3 is 2.50 bits per heavy atom. The van der Waals surface area contributed by atoms with E-state index in [9.17, 15) is 9.59 Å². The van der Waals surface area contributed by atoms with Crippen LogP contribution in [0.5, 0.6) is 5.75 Å². The summed E-state index contributed by atoms with van der Waals surface area (Å²) in [5, 5.41) is 9.28. The second-order valence-electron chi connectivity index (χ2n) is 6.06. The molecule has 0 bridgehead atoms. The first kappa shape index (κ1) is 20.4. The second kappa shape index (κ2) is 9.75. The molecule has 0 saturated carbocycles. The Morgan fingerprint density at radius 1 is 1.14 bits per heavy atom. The fourth-order valence-corrected chi connectivity index (χ4v) is 2.93. The minimum Gasteiger partial charge on any atom is -0.480 e. The average Bonchev–Trinajstić information content (AvgIpc) is 2.71. The number of rotatable bonds is 6. The standard InChI is InChI=1S/C19H19Cl2N3O4/c20-15-6-3-13(9-16(15)21)24-19(26)23-12-1-4-14(5-2-12)28-18(11-25)17-10-22-7-8-27-17/h1-6,9,11,17-18,22H,7-8,10H2,(H2,23,24,26). The summed E-state index contributed by atoms with van der Waals surface area (Å²) >= 11 is 11.8. The maximum Gasteiger partial charge on any atom is 0.323 e. The number of carbonyl (C=O) groups excluding carboxylic acids is 2. The SMILES string of the molecule is O=CC(Oc1ccc(NC(=O)Nc2ccc(Cl)c(Cl)c2)cc1)C1CNCCO1. The van der Waals surface area contributed by atoms with Gasteiger partial charge in [0, 0.05) is 24.5 Å². The van der Waals surface area contributed by atoms with E-state index >= 15 is 0 Å². The summed E-state index contributed by atoms with van der Waals surface area (Å²) in [6.45, 7) is 1.85. The van der Waals surface area contributed by atoms with E-state index in [0.29, 0.717) is 40.3 Å². The lowest BCUT2D eigenvalue weighted by molar-refractivity contribution is -0.122. The lowest BCUT2D eigenvalue weighted by atomic mass is 10.2. The molecule has 7 nitrogen and oxygen atoms in total. The molecule has 1 saturated heterocycles. The predicted octanol–water partition coefficient (Wildman–Crippen LogP) is 3.57. The van der Waals surface area contributed by atoms with Crippen molar-refractivity contribution in [1.29, 1.82) is 0 Å². The fourth-order valence-electron chi connectivity index (χ4n) is 2.63. The highest BCUT2D eigenvalue weighted by Crippen LogP contribution is 2.25. The molecule has 3 rings (SSSR count). The number of ether oxygens (including phenoxy) is 2. The summed E-state index contributed by atoms with van der Waals surface area (Å²) in [4.78, 5) is 23.4. The monoisotopic (exact) mass is 423 g/mol. The molecule has 3 N–H and O–H groups in total. The van der Waals surface area contributed by atoms with E-state index in [0.717, 1.165) is 12.8 Å². The van der Waals surface area contributed by atoms with Crippen molar-refractivity contribution in [2.24, 2.45) is 0 Å². The largest absolute Gasteiger partial charge is 0.480 e. The number of carbonyl (C=O) groups is 2. The molecule has 148 valence electrons. The number of hydrogen-bond acceptors (Lipinski definition) is 5. The van der Waals surface area contributed by atoms with Gasteiger partial charge in [0.15, 0.2) is 12.4 Å². The van der Waals surface area contributed by atoms with Gasteiger partial charge in [-0.15, -0.1) is 0 Å². The first-order valence-corrected chi connectivity index (χ1v) is 9.38. The third-order valence-electron chi connectivity index (χ3n) is 4.02. The zero-order valence-electron chi connectivity index (χ0n) is 14.8. The van der Waals surface area contributed by atoms with E-state index < -0.39 is 12.1 Å². The first-order valence-electron chi connectivity index (χ1n) is 8.62. The van der Waals surface area contributed by atoms with Gasteiger partial charge in [-0.3, -0.25) is 4.79 Å². The number of urea groups is 1. The van der Waals surface area contributed by atoms with Gasteiger partial charge in [-0.05, 0) is 42.5 Å². The van der Waals surface area contributed by atoms with Crippen molar-refractivity contribution in [3.8, 4) is 5.75 Å². The maximum absolute atomic E-state index is 12.1. The minimum absolute atomic E-state index is 0.332. The van der Waals surface area contributed by atoms with Crippen molar-refractivity contribution < 1.29 is 19.1 Å². The number of nitrogens with one attached hydrogen (secondary N) is 3. The number of halogens is 2. The number of aldehydes is 1. The summed E-state index contributed by atoms with van der Waals surface area (Å²) in [5.41, 5.74) is 1.07. The topological polar surface area (TPSA) is 88.7 Å². The van der Waals surface area contributed by atoms with Gasteiger partial charge in [-0.1, -0.05) is 23.2 Å². The fraction of sp³-hybridized carbons (Fsp3) is 0.263. The molecule has 9 heteroatoms. The summed E-state index contributed by atoms with van der Waals surface area (Å²) in [6, 6.07) is 11.1. The molecule has 0 aromatic heterocycles. The smallest absolute Gasteiger partial charge is 0.323 e. The highest BCUT2D eigenvalue weighted by Gasteiger charge is 2.25. The Balaban J connectivity index is 1.55. The molecule has 0 radical (unpaired) electrons. The molecule has 1 fully saturated rings. The first-order chi connectivity index (χ1) is 13.5. The van der Waals surface area contributed by atoms with Gasteiger partial charge in [-0.25, -0.2) is 4.79 Å². The van der Waals surface area contributed by atoms with Crippen LogP contribution in [0.15, 0.2) is 42.5 Å². The Bertz CT molecular complexity index is 826. The van der Waals surface area contributed by atoms with E-state index in [1.807, 2.05) is 0 Å². The molecule has 0 aliphatic carbocycles. The number of morpholine rings is 1. The quantitative estimate of drug-likeness (QED) is 0.617. The Kier molecular flexibility index (Phi) is 7.11. The molecule has 2 aromatic rings. The van der Waals surface area contributed by atoms with Crippen LogP contribution in [-0.2, 0) is 9.53 Å². The van der Waals surface area contributed by atoms with Crippen molar-refractivity contribution >= 4 is 46.9 Å². The van der Waals surface area contributed by atoms with Gasteiger partial charge in [0.1, 0.15) is 11.9 Å². The summed E-state index contributed by atoms with van der Waals surface area (Å²) in [7, 11) is 0. The zero-order valence-corrected chi connectivity index (χ0v) is 16.3. The van der Waals surface area contributed by atoms with Crippen molar-refractivity contribution in [2.75, 3.05) is 30.3 Å². The summed E-state index contributed by atoms with van der Waals surface area (Å²) in [6.07, 6.45) is -0.306. The van der Waals surface area contributed by atoms with E-state index in [2.05, 4.69) is 16.0 Å². The van der Waals surface area contributed by atoms with E-state index in [-0.39, 0.29) is 6.10 Å². The van der Waals surface area contributed by atoms with Crippen LogP contribution in [0.4, 0.5) is 16.2 Å². The van der Waals surface area contributed by atoms with Crippen LogP contribution in [0.3, 0.4) is 0 Å². The average molecular weight is 424 g/mol. The van der Waals surface area contributed by atoms with Crippen LogP contribution in [-0.4, -0.2) is 44.2 Å². The number of anilines is 2. The lowest BCUT2D eigenvalue weighted by Gasteiger charge is -2.28. The molecule has 0 spiro atoms. The molecule has 1 aliphatic heterocycles. The number of amides is 2. The molecular formula is C19H19Cl2N3O4. The Labute approximate surface area is 172 Å². The van der Waals surface area contributed by atoms with Gasteiger partial charge < -0.3 is 25.4 Å². The molecule has 28 heavy (non-hydrogen) atoms. The highest BCUT2D eigenvalue weighted by atomic mass is 35.5. The van der Waals surface area contributed by atoms with Crippen molar-refractivity contribution in [3.63, 3.8) is 0 Å². The van der Waals surface area contributed by atoms with Crippen LogP contribution < -0.4 is 20.7 Å². The maximum atomic E-state index is 12.1. The van der Waals surface area contributed by atoms with Crippen molar-refractivity contribution in [2.45, 2.75) is 12.2 Å². The van der Waals surface area contributed by atoms with Crippen molar-refractivity contribution in [3.05, 3.63) is 52.5 Å². The summed E-state index contributed by atoms with van der Waals surface area (Å²) < 4.78 is 11.2. The van der Waals surface area contributed by atoms with Crippen LogP contribution in [0, 0.1) is 0 Å². The molecule has 2 atom stereocenters. The second-order valence-corrected chi connectivity index (χ2v) is 6.88. The number of hydrogen-bond donors (Lipinski definition) is 3. The van der Waals surface area contributed by atoms with E-state index in [1.165, 1.54) is 0 Å². The molecular weight excluding hydrogens is 405 g/mol. The molecule has 2 amide bonds. The lowest BCUT2D eigenvalue weighted by Crippen LogP contribution is -2.47. The van der Waals surface area contributed by atoms with Gasteiger partial charge in [-0.2, -0.15) is 0 Å². The van der Waals surface area contributed by atoms with Gasteiger partial charge in [0.2, 0.25) is 0 Å². The van der Waals surface area contributed by atoms with Crippen LogP contribution in [0.2, 0.25) is 10.0 Å². The Morgan fingerprint density at radius 2 is 1.86 bits per heavy atom. The Hall–Kier alpha value is -2.32. The van der Waals surface area contributed by atoms with Crippen LogP contribution >= 0.6 is 23.2 Å². The van der Waals surface area contributed by atoms with E-state index in [4.69, 9.17) is 32.7 Å². The highest BCUT2D eigenvalue weighted by molar-refractivity contribution is 6.42. The van der Waals surface area contributed by atoms with Gasteiger partial charge in [0.25, 0.3) is 0 Å². The predicted molar refractivity (Wildman–Crippen MR) is 109 cm³/mol. The minimum atomic E-state index is -0.704. The third kappa shape index (κ3) is 5.59. The molecule has 2 aromatic carbocycles. The van der Waals surface area contributed by atoms with Crippen LogP contribution in [0.25, 0.3) is 0 Å².